The van der Waals surface area contributed by atoms with Crippen molar-refractivity contribution >= 4 is 28.7 Å². The quantitative estimate of drug-likeness (QED) is 0.344. The highest BCUT2D eigenvalue weighted by atomic mass is 16.3. The van der Waals surface area contributed by atoms with Crippen LogP contribution >= 0.6 is 0 Å². The van der Waals surface area contributed by atoms with Crippen molar-refractivity contribution in [1.29, 1.82) is 0 Å². The molecule has 2 aromatic heterocycles. The summed E-state index contributed by atoms with van der Waals surface area (Å²) in [5.74, 6) is 5.70. The fourth-order valence-electron chi connectivity index (χ4n) is 3.07. The van der Waals surface area contributed by atoms with Crippen molar-refractivity contribution in [3.63, 3.8) is 0 Å². The third kappa shape index (κ3) is 5.68. The molecule has 0 atom stereocenters. The van der Waals surface area contributed by atoms with Crippen molar-refractivity contribution in [1.82, 2.24) is 9.97 Å². The zero-order valence-corrected chi connectivity index (χ0v) is 19.3. The number of pyridine rings is 1. The summed E-state index contributed by atoms with van der Waals surface area (Å²) in [4.78, 5) is 23.6. The molecule has 3 rings (SSSR count). The summed E-state index contributed by atoms with van der Waals surface area (Å²) in [6, 6.07) is 9.72. The van der Waals surface area contributed by atoms with E-state index in [1.165, 1.54) is 6.20 Å². The van der Waals surface area contributed by atoms with Gasteiger partial charge in [0.25, 0.3) is 0 Å². The van der Waals surface area contributed by atoms with Crippen molar-refractivity contribution in [2.75, 3.05) is 6.54 Å². The number of benzene rings is 1. The van der Waals surface area contributed by atoms with Crippen LogP contribution in [0, 0.1) is 17.3 Å². The van der Waals surface area contributed by atoms with E-state index in [0.717, 1.165) is 33.2 Å². The number of primary amides is 1. The number of aromatic nitrogens is 2. The van der Waals surface area contributed by atoms with Gasteiger partial charge in [0, 0.05) is 46.9 Å². The van der Waals surface area contributed by atoms with Gasteiger partial charge in [0.2, 0.25) is 5.91 Å². The lowest BCUT2D eigenvalue weighted by Crippen LogP contribution is -2.29. The van der Waals surface area contributed by atoms with Crippen LogP contribution < -0.4 is 11.5 Å². The Morgan fingerprint density at radius 3 is 2.52 bits per heavy atom. The summed E-state index contributed by atoms with van der Waals surface area (Å²) in [7, 11) is 0. The molecular weight excluding hydrogens is 414 g/mol. The molecule has 0 saturated carbocycles. The molecule has 33 heavy (non-hydrogen) atoms. The fourth-order valence-corrected chi connectivity index (χ4v) is 3.07. The van der Waals surface area contributed by atoms with Crippen LogP contribution in [-0.2, 0) is 4.79 Å². The molecule has 0 bridgehead atoms. The predicted octanol–water partition coefficient (Wildman–Crippen LogP) is 3.23. The Kier molecular flexibility index (Phi) is 6.70. The molecule has 170 valence electrons. The standard InChI is InChI=1S/C26H29N5O2/c1-25(2,24(28)32)11-9-20-21-10-12-30-23(21)31-15-22(20)18-7-5-17(6-8-18)19(13-27)14-29-16-26(3,4)33/h5-8,10,12-15,33H,16,27H2,1-4H3,(H2,28,32)(H,30,31). The van der Waals surface area contributed by atoms with Crippen LogP contribution in [0.5, 0.6) is 0 Å². The fraction of sp³-hybridized carbons (Fsp3) is 0.269. The Morgan fingerprint density at radius 1 is 1.21 bits per heavy atom. The maximum absolute atomic E-state index is 11.7. The average Bonchev–Trinajstić information content (AvgIpc) is 3.23. The lowest BCUT2D eigenvalue weighted by molar-refractivity contribution is -0.123. The summed E-state index contributed by atoms with van der Waals surface area (Å²) in [5.41, 5.74) is 14.3. The maximum atomic E-state index is 11.7. The summed E-state index contributed by atoms with van der Waals surface area (Å²) >= 11 is 0. The predicted molar refractivity (Wildman–Crippen MR) is 133 cm³/mol. The van der Waals surface area contributed by atoms with Crippen LogP contribution in [0.3, 0.4) is 0 Å². The molecule has 6 N–H and O–H groups in total. The first kappa shape index (κ1) is 23.8. The molecule has 0 unspecified atom stereocenters. The third-order valence-corrected chi connectivity index (χ3v) is 5.12. The number of aliphatic imine (C=N–C) groups is 1. The molecule has 1 aromatic carbocycles. The number of fused-ring (bicyclic) bond motifs is 1. The number of H-pyrrole nitrogens is 1. The van der Waals surface area contributed by atoms with Gasteiger partial charge in [-0.3, -0.25) is 9.79 Å². The zero-order chi connectivity index (χ0) is 24.2. The van der Waals surface area contributed by atoms with E-state index in [1.54, 1.807) is 46.3 Å². The van der Waals surface area contributed by atoms with E-state index in [2.05, 4.69) is 26.8 Å². The molecule has 0 aliphatic rings. The second-order valence-corrected chi connectivity index (χ2v) is 9.01. The van der Waals surface area contributed by atoms with E-state index in [4.69, 9.17) is 11.5 Å². The van der Waals surface area contributed by atoms with Gasteiger partial charge in [0.05, 0.1) is 12.1 Å². The number of aromatic amines is 1. The molecule has 0 aliphatic heterocycles. The minimum atomic E-state index is -0.962. The van der Waals surface area contributed by atoms with Gasteiger partial charge in [-0.1, -0.05) is 36.1 Å². The number of amides is 1. The molecule has 7 heteroatoms. The molecular formula is C26H29N5O2. The second kappa shape index (κ2) is 9.31. The number of nitrogens with one attached hydrogen (secondary N) is 1. The molecule has 0 spiro atoms. The number of carbonyl (C=O) groups excluding carboxylic acids is 1. The normalized spacial score (nSPS) is 12.7. The Bertz CT molecular complexity index is 1280. The van der Waals surface area contributed by atoms with E-state index in [-0.39, 0.29) is 6.54 Å². The lowest BCUT2D eigenvalue weighted by atomic mass is 9.92. The molecule has 0 fully saturated rings. The van der Waals surface area contributed by atoms with Gasteiger partial charge in [-0.05, 0) is 44.9 Å². The Morgan fingerprint density at radius 2 is 1.91 bits per heavy atom. The number of carbonyl (C=O) groups is 1. The Labute approximate surface area is 193 Å². The number of hydrogen-bond acceptors (Lipinski definition) is 5. The number of nitrogens with two attached hydrogens (primary N) is 2. The van der Waals surface area contributed by atoms with Gasteiger partial charge < -0.3 is 21.6 Å². The molecule has 0 aliphatic carbocycles. The monoisotopic (exact) mass is 443 g/mol. The van der Waals surface area contributed by atoms with Crippen LogP contribution in [0.15, 0.2) is 53.9 Å². The van der Waals surface area contributed by atoms with E-state index in [0.29, 0.717) is 5.65 Å². The molecule has 2 heterocycles. The van der Waals surface area contributed by atoms with Crippen LogP contribution in [-0.4, -0.2) is 39.3 Å². The summed E-state index contributed by atoms with van der Waals surface area (Å²) in [6.45, 7) is 7.07. The molecule has 1 amide bonds. The third-order valence-electron chi connectivity index (χ3n) is 5.12. The lowest BCUT2D eigenvalue weighted by Gasteiger charge is -2.13. The van der Waals surface area contributed by atoms with E-state index >= 15 is 0 Å². The van der Waals surface area contributed by atoms with Gasteiger partial charge in [0.1, 0.15) is 11.1 Å². The molecule has 0 saturated heterocycles. The average molecular weight is 444 g/mol. The molecule has 7 nitrogen and oxygen atoms in total. The minimum absolute atomic E-state index is 0.272. The summed E-state index contributed by atoms with van der Waals surface area (Å²) in [6.07, 6.45) is 6.71. The van der Waals surface area contributed by atoms with Crippen LogP contribution in [0.2, 0.25) is 0 Å². The number of aliphatic hydroxyl groups is 1. The highest BCUT2D eigenvalue weighted by molar-refractivity contribution is 6.09. The first-order valence-corrected chi connectivity index (χ1v) is 10.6. The largest absolute Gasteiger partial charge is 0.404 e. The Balaban J connectivity index is 2.00. The van der Waals surface area contributed by atoms with Gasteiger partial charge in [-0.15, -0.1) is 0 Å². The number of allylic oxidation sites excluding steroid dienone is 1. The summed E-state index contributed by atoms with van der Waals surface area (Å²) in [5, 5.41) is 10.7. The van der Waals surface area contributed by atoms with E-state index < -0.39 is 16.9 Å². The number of hydrogen-bond donors (Lipinski definition) is 4. The molecule has 3 aromatic rings. The summed E-state index contributed by atoms with van der Waals surface area (Å²) < 4.78 is 0. The van der Waals surface area contributed by atoms with Crippen LogP contribution in [0.25, 0.3) is 27.7 Å². The first-order valence-electron chi connectivity index (χ1n) is 10.6. The second-order valence-electron chi connectivity index (χ2n) is 9.01. The highest BCUT2D eigenvalue weighted by Gasteiger charge is 2.22. The van der Waals surface area contributed by atoms with Crippen molar-refractivity contribution in [2.45, 2.75) is 33.3 Å². The van der Waals surface area contributed by atoms with E-state index in [9.17, 15) is 9.90 Å². The van der Waals surface area contributed by atoms with Crippen molar-refractivity contribution in [3.05, 3.63) is 60.1 Å². The minimum Gasteiger partial charge on any atom is -0.404 e. The SMILES string of the molecule is CC(C)(O)CN=CC(=CN)c1ccc(-c2cnc3[nH]ccc3c2C#CC(C)(C)C(N)=O)cc1. The van der Waals surface area contributed by atoms with Gasteiger partial charge >= 0.3 is 0 Å². The molecule has 0 radical (unpaired) electrons. The van der Waals surface area contributed by atoms with Crippen molar-refractivity contribution in [2.24, 2.45) is 21.9 Å². The topological polar surface area (TPSA) is 130 Å². The van der Waals surface area contributed by atoms with Gasteiger partial charge in [-0.2, -0.15) is 0 Å². The smallest absolute Gasteiger partial charge is 0.235 e. The maximum Gasteiger partial charge on any atom is 0.235 e. The highest BCUT2D eigenvalue weighted by Crippen LogP contribution is 2.29. The first-order chi connectivity index (χ1) is 15.5. The van der Waals surface area contributed by atoms with Gasteiger partial charge in [-0.25, -0.2) is 4.98 Å². The van der Waals surface area contributed by atoms with Gasteiger partial charge in [0.15, 0.2) is 0 Å². The van der Waals surface area contributed by atoms with E-state index in [1.807, 2.05) is 30.3 Å². The Hall–Kier alpha value is -3.89. The van der Waals surface area contributed by atoms with Crippen molar-refractivity contribution < 1.29 is 9.90 Å². The number of rotatable bonds is 6. The number of nitrogens with zero attached hydrogens (tertiary/aromatic N) is 2. The van der Waals surface area contributed by atoms with Crippen LogP contribution in [0.4, 0.5) is 0 Å². The zero-order valence-electron chi connectivity index (χ0n) is 19.3. The van der Waals surface area contributed by atoms with Crippen molar-refractivity contribution in [3.8, 4) is 23.0 Å². The van der Waals surface area contributed by atoms with Crippen LogP contribution in [0.1, 0.15) is 38.8 Å².